The van der Waals surface area contributed by atoms with Crippen molar-refractivity contribution >= 4 is 11.6 Å². The first kappa shape index (κ1) is 9.03. The van der Waals surface area contributed by atoms with Crippen LogP contribution in [0.5, 0.6) is 0 Å². The smallest absolute Gasteiger partial charge is 0.209 e. The van der Waals surface area contributed by atoms with Crippen molar-refractivity contribution in [2.24, 2.45) is 5.92 Å². The molecule has 0 spiro atoms. The molecule has 13 heavy (non-hydrogen) atoms. The van der Waals surface area contributed by atoms with Crippen LogP contribution in [0.3, 0.4) is 0 Å². The predicted molar refractivity (Wildman–Crippen MR) is 48.7 cm³/mol. The maximum absolute atomic E-state index is 5.58. The van der Waals surface area contributed by atoms with Gasteiger partial charge in [0.25, 0.3) is 0 Å². The summed E-state index contributed by atoms with van der Waals surface area (Å²) in [5.74, 6) is 2.47. The second-order valence-corrected chi connectivity index (χ2v) is 3.55. The molecule has 1 aliphatic rings. The van der Waals surface area contributed by atoms with Crippen LogP contribution in [0.2, 0.25) is 0 Å². The number of alkyl halides is 1. The first-order chi connectivity index (χ1) is 6.38. The third kappa shape index (κ3) is 2.23. The molecular weight excluding hydrogens is 190 g/mol. The molecule has 0 aromatic carbocycles. The topological polar surface area (TPSA) is 35.3 Å². The van der Waals surface area contributed by atoms with E-state index in [1.54, 1.807) is 6.20 Å². The molecule has 1 fully saturated rings. The lowest BCUT2D eigenvalue weighted by Crippen LogP contribution is -2.02. The van der Waals surface area contributed by atoms with E-state index in [9.17, 15) is 0 Å². The Kier molecular flexibility index (Phi) is 2.86. The molecule has 1 unspecified atom stereocenters. The third-order valence-electron chi connectivity index (χ3n) is 2.23. The fourth-order valence-electron chi connectivity index (χ4n) is 1.53. The van der Waals surface area contributed by atoms with Gasteiger partial charge in [-0.1, -0.05) is 0 Å². The van der Waals surface area contributed by atoms with Crippen LogP contribution < -0.4 is 0 Å². The van der Waals surface area contributed by atoms with Crippen molar-refractivity contribution in [2.75, 3.05) is 13.2 Å². The van der Waals surface area contributed by atoms with Crippen LogP contribution in [0.25, 0.3) is 0 Å². The third-order valence-corrected chi connectivity index (χ3v) is 2.46. The van der Waals surface area contributed by atoms with Crippen molar-refractivity contribution < 1.29 is 9.15 Å². The van der Waals surface area contributed by atoms with Crippen molar-refractivity contribution in [3.8, 4) is 0 Å². The van der Waals surface area contributed by atoms with Crippen LogP contribution in [-0.2, 0) is 17.0 Å². The Bertz CT molecular complexity index is 268. The highest BCUT2D eigenvalue weighted by Gasteiger charge is 2.17. The molecule has 1 aromatic heterocycles. The fourth-order valence-corrected chi connectivity index (χ4v) is 1.66. The van der Waals surface area contributed by atoms with Gasteiger partial charge in [0.1, 0.15) is 5.76 Å². The standard InChI is InChI=1S/C9H12ClNO2/c10-4-9-11-5-8(13-9)3-7-1-2-12-6-7/h5,7H,1-4,6H2. The fraction of sp³-hybridized carbons (Fsp3) is 0.667. The Morgan fingerprint density at radius 3 is 3.15 bits per heavy atom. The maximum Gasteiger partial charge on any atom is 0.209 e. The summed E-state index contributed by atoms with van der Waals surface area (Å²) in [6.45, 7) is 1.72. The number of nitrogens with zero attached hydrogens (tertiary/aromatic N) is 1. The Morgan fingerprint density at radius 1 is 1.62 bits per heavy atom. The van der Waals surface area contributed by atoms with E-state index >= 15 is 0 Å². The van der Waals surface area contributed by atoms with Crippen LogP contribution in [-0.4, -0.2) is 18.2 Å². The molecule has 1 saturated heterocycles. The van der Waals surface area contributed by atoms with E-state index in [2.05, 4.69) is 4.98 Å². The highest BCUT2D eigenvalue weighted by Crippen LogP contribution is 2.18. The zero-order valence-corrected chi connectivity index (χ0v) is 8.09. The van der Waals surface area contributed by atoms with Crippen molar-refractivity contribution in [3.05, 3.63) is 17.8 Å². The number of hydrogen-bond donors (Lipinski definition) is 0. The van der Waals surface area contributed by atoms with Gasteiger partial charge in [-0.2, -0.15) is 0 Å². The Balaban J connectivity index is 1.92. The molecule has 1 aliphatic heterocycles. The SMILES string of the molecule is ClCc1ncc(CC2CCOC2)o1. The van der Waals surface area contributed by atoms with E-state index in [0.717, 1.165) is 31.8 Å². The minimum absolute atomic E-state index is 0.348. The molecule has 0 amide bonds. The monoisotopic (exact) mass is 201 g/mol. The number of halogens is 1. The van der Waals surface area contributed by atoms with Crippen LogP contribution >= 0.6 is 11.6 Å². The van der Waals surface area contributed by atoms with E-state index in [4.69, 9.17) is 20.8 Å². The van der Waals surface area contributed by atoms with Crippen molar-refractivity contribution in [3.63, 3.8) is 0 Å². The van der Waals surface area contributed by atoms with Crippen molar-refractivity contribution in [1.29, 1.82) is 0 Å². The highest BCUT2D eigenvalue weighted by molar-refractivity contribution is 6.16. The molecule has 1 atom stereocenters. The lowest BCUT2D eigenvalue weighted by molar-refractivity contribution is 0.184. The van der Waals surface area contributed by atoms with Gasteiger partial charge in [0.2, 0.25) is 5.89 Å². The molecule has 2 heterocycles. The normalized spacial score (nSPS) is 22.4. The van der Waals surface area contributed by atoms with Crippen LogP contribution in [0.1, 0.15) is 18.1 Å². The quantitative estimate of drug-likeness (QED) is 0.702. The molecule has 72 valence electrons. The number of aromatic nitrogens is 1. The van der Waals surface area contributed by atoms with Crippen molar-refractivity contribution in [2.45, 2.75) is 18.7 Å². The minimum atomic E-state index is 0.348. The summed E-state index contributed by atoms with van der Waals surface area (Å²) in [4.78, 5) is 4.04. The Hall–Kier alpha value is -0.540. The Morgan fingerprint density at radius 2 is 2.54 bits per heavy atom. The average molecular weight is 202 g/mol. The van der Waals surface area contributed by atoms with Gasteiger partial charge in [-0.15, -0.1) is 11.6 Å². The molecule has 2 rings (SSSR count). The summed E-state index contributed by atoms with van der Waals surface area (Å²) in [7, 11) is 0. The number of ether oxygens (including phenoxy) is 1. The van der Waals surface area contributed by atoms with E-state index < -0.39 is 0 Å². The molecule has 0 N–H and O–H groups in total. The highest BCUT2D eigenvalue weighted by atomic mass is 35.5. The summed E-state index contributed by atoms with van der Waals surface area (Å²) >= 11 is 5.58. The number of oxazole rings is 1. The van der Waals surface area contributed by atoms with Gasteiger partial charge in [-0.3, -0.25) is 0 Å². The molecule has 1 aromatic rings. The first-order valence-corrected chi connectivity index (χ1v) is 4.99. The molecule has 4 heteroatoms. The second kappa shape index (κ2) is 4.11. The van der Waals surface area contributed by atoms with Gasteiger partial charge in [-0.25, -0.2) is 4.98 Å². The minimum Gasteiger partial charge on any atom is -0.444 e. The predicted octanol–water partition coefficient (Wildman–Crippen LogP) is 1.99. The van der Waals surface area contributed by atoms with Gasteiger partial charge in [-0.05, 0) is 12.3 Å². The van der Waals surface area contributed by atoms with Crippen LogP contribution in [0.4, 0.5) is 0 Å². The zero-order valence-electron chi connectivity index (χ0n) is 7.33. The van der Waals surface area contributed by atoms with E-state index in [-0.39, 0.29) is 0 Å². The molecule has 0 bridgehead atoms. The van der Waals surface area contributed by atoms with Crippen molar-refractivity contribution in [1.82, 2.24) is 4.98 Å². The average Bonchev–Trinajstić information content (AvgIpc) is 2.76. The summed E-state index contributed by atoms with van der Waals surface area (Å²) in [6, 6.07) is 0. The van der Waals surface area contributed by atoms with Gasteiger partial charge in [0, 0.05) is 19.6 Å². The molecule has 0 aliphatic carbocycles. The number of rotatable bonds is 3. The number of hydrogen-bond acceptors (Lipinski definition) is 3. The summed E-state index contributed by atoms with van der Waals surface area (Å²) < 4.78 is 10.7. The van der Waals surface area contributed by atoms with Crippen LogP contribution in [0.15, 0.2) is 10.6 Å². The van der Waals surface area contributed by atoms with E-state index in [0.29, 0.717) is 17.7 Å². The van der Waals surface area contributed by atoms with Gasteiger partial charge >= 0.3 is 0 Å². The summed E-state index contributed by atoms with van der Waals surface area (Å²) in [6.07, 6.45) is 3.80. The van der Waals surface area contributed by atoms with Crippen LogP contribution in [0, 0.1) is 5.92 Å². The largest absolute Gasteiger partial charge is 0.444 e. The molecule has 0 radical (unpaired) electrons. The van der Waals surface area contributed by atoms with Gasteiger partial charge < -0.3 is 9.15 Å². The van der Waals surface area contributed by atoms with E-state index in [1.165, 1.54) is 0 Å². The van der Waals surface area contributed by atoms with E-state index in [1.807, 2.05) is 0 Å². The van der Waals surface area contributed by atoms with Gasteiger partial charge in [0.05, 0.1) is 12.1 Å². The molecule has 0 saturated carbocycles. The second-order valence-electron chi connectivity index (χ2n) is 3.29. The maximum atomic E-state index is 5.58. The summed E-state index contributed by atoms with van der Waals surface area (Å²) in [5.41, 5.74) is 0. The zero-order chi connectivity index (χ0) is 9.10. The lowest BCUT2D eigenvalue weighted by atomic mass is 10.0. The summed E-state index contributed by atoms with van der Waals surface area (Å²) in [5, 5.41) is 0. The lowest BCUT2D eigenvalue weighted by Gasteiger charge is -2.02. The molecular formula is C9H12ClNO2. The Labute approximate surface area is 82.0 Å². The van der Waals surface area contributed by atoms with Gasteiger partial charge in [0.15, 0.2) is 0 Å². The first-order valence-electron chi connectivity index (χ1n) is 4.46. The molecule has 3 nitrogen and oxygen atoms in total.